The van der Waals surface area contributed by atoms with Crippen LogP contribution in [0.25, 0.3) is 0 Å². The second kappa shape index (κ2) is 8.08. The van der Waals surface area contributed by atoms with Gasteiger partial charge >= 0.3 is 5.97 Å². The first kappa shape index (κ1) is 19.6. The standard InChI is InChI=1S/C17H16Cl2O5S/c1-2-25(22,23)14-5-3-11(15(19)9-14)7-12-8-13(18)4-6-16(12)24-10-17(20)21/h3-6,8-9H,2,7,10H2,1H3,(H,20,21). The number of carboxylic acids is 1. The molecule has 0 saturated carbocycles. The maximum absolute atomic E-state index is 11.9. The van der Waals surface area contributed by atoms with Crippen LogP contribution in [0.5, 0.6) is 5.75 Å². The van der Waals surface area contributed by atoms with Gasteiger partial charge in [0.25, 0.3) is 0 Å². The summed E-state index contributed by atoms with van der Waals surface area (Å²) in [6.45, 7) is 1.09. The Morgan fingerprint density at radius 2 is 1.84 bits per heavy atom. The Morgan fingerprint density at radius 1 is 1.12 bits per heavy atom. The van der Waals surface area contributed by atoms with Gasteiger partial charge in [0.2, 0.25) is 0 Å². The molecule has 25 heavy (non-hydrogen) atoms. The normalized spacial score (nSPS) is 11.3. The number of sulfone groups is 1. The molecule has 0 radical (unpaired) electrons. The molecule has 0 fully saturated rings. The van der Waals surface area contributed by atoms with Crippen molar-refractivity contribution in [3.05, 3.63) is 57.6 Å². The Bertz CT molecular complexity index is 894. The summed E-state index contributed by atoms with van der Waals surface area (Å²) < 4.78 is 29.1. The van der Waals surface area contributed by atoms with E-state index in [1.165, 1.54) is 12.1 Å². The zero-order chi connectivity index (χ0) is 18.6. The molecule has 0 bridgehead atoms. The van der Waals surface area contributed by atoms with Gasteiger partial charge in [-0.2, -0.15) is 0 Å². The average molecular weight is 403 g/mol. The van der Waals surface area contributed by atoms with Crippen LogP contribution in [-0.4, -0.2) is 31.9 Å². The molecule has 0 spiro atoms. The predicted molar refractivity (Wildman–Crippen MR) is 96.6 cm³/mol. The van der Waals surface area contributed by atoms with Crippen molar-refractivity contribution in [1.29, 1.82) is 0 Å². The van der Waals surface area contributed by atoms with Crippen LogP contribution in [0.1, 0.15) is 18.1 Å². The molecule has 1 N–H and O–H groups in total. The minimum atomic E-state index is -3.34. The van der Waals surface area contributed by atoms with Gasteiger partial charge in [-0.25, -0.2) is 13.2 Å². The molecule has 0 aliphatic rings. The highest BCUT2D eigenvalue weighted by Crippen LogP contribution is 2.29. The summed E-state index contributed by atoms with van der Waals surface area (Å²) in [5.74, 6) is -0.717. The van der Waals surface area contributed by atoms with E-state index in [0.717, 1.165) is 0 Å². The summed E-state index contributed by atoms with van der Waals surface area (Å²) in [6, 6.07) is 9.39. The number of ether oxygens (including phenoxy) is 1. The van der Waals surface area contributed by atoms with Crippen LogP contribution in [0, 0.1) is 0 Å². The molecule has 2 aromatic carbocycles. The lowest BCUT2D eigenvalue weighted by Gasteiger charge is -2.12. The molecule has 0 aromatic heterocycles. The Kier molecular flexibility index (Phi) is 6.32. The van der Waals surface area contributed by atoms with Crippen molar-refractivity contribution < 1.29 is 23.1 Å². The summed E-state index contributed by atoms with van der Waals surface area (Å²) >= 11 is 12.2. The Balaban J connectivity index is 2.33. The van der Waals surface area contributed by atoms with E-state index < -0.39 is 22.4 Å². The lowest BCUT2D eigenvalue weighted by molar-refractivity contribution is -0.139. The predicted octanol–water partition coefficient (Wildman–Crippen LogP) is 3.84. The number of benzene rings is 2. The minimum Gasteiger partial charge on any atom is -0.482 e. The molecule has 134 valence electrons. The van der Waals surface area contributed by atoms with E-state index in [-0.39, 0.29) is 10.6 Å². The van der Waals surface area contributed by atoms with E-state index in [1.807, 2.05) is 0 Å². The average Bonchev–Trinajstić information content (AvgIpc) is 2.55. The molecule has 2 rings (SSSR count). The van der Waals surface area contributed by atoms with Gasteiger partial charge in [0.1, 0.15) is 5.75 Å². The number of halogens is 2. The second-order valence-corrected chi connectivity index (χ2v) is 8.39. The van der Waals surface area contributed by atoms with Crippen molar-refractivity contribution in [2.45, 2.75) is 18.2 Å². The van der Waals surface area contributed by atoms with Crippen molar-refractivity contribution in [2.24, 2.45) is 0 Å². The summed E-state index contributed by atoms with van der Waals surface area (Å²) in [6.07, 6.45) is 0.320. The van der Waals surface area contributed by atoms with Crippen molar-refractivity contribution >= 4 is 39.0 Å². The van der Waals surface area contributed by atoms with Gasteiger partial charge in [0.05, 0.1) is 10.6 Å². The van der Waals surface area contributed by atoms with E-state index in [1.54, 1.807) is 31.2 Å². The minimum absolute atomic E-state index is 0.00978. The fourth-order valence-electron chi connectivity index (χ4n) is 2.20. The third-order valence-corrected chi connectivity index (χ3v) is 5.84. The molecular formula is C17H16Cl2O5S. The van der Waals surface area contributed by atoms with E-state index >= 15 is 0 Å². The molecular weight excluding hydrogens is 387 g/mol. The molecule has 0 heterocycles. The van der Waals surface area contributed by atoms with Crippen LogP contribution in [0.4, 0.5) is 0 Å². The van der Waals surface area contributed by atoms with Crippen LogP contribution < -0.4 is 4.74 Å². The first-order valence-electron chi connectivity index (χ1n) is 7.37. The zero-order valence-electron chi connectivity index (χ0n) is 13.3. The first-order chi connectivity index (χ1) is 11.7. The number of hydrogen-bond acceptors (Lipinski definition) is 4. The fourth-order valence-corrected chi connectivity index (χ4v) is 3.62. The second-order valence-electron chi connectivity index (χ2n) is 5.27. The maximum atomic E-state index is 11.9. The summed E-state index contributed by atoms with van der Waals surface area (Å²) in [5, 5.41) is 9.53. The third-order valence-electron chi connectivity index (χ3n) is 3.52. The fraction of sp³-hybridized carbons (Fsp3) is 0.235. The zero-order valence-corrected chi connectivity index (χ0v) is 15.7. The molecule has 0 aliphatic carbocycles. The quantitative estimate of drug-likeness (QED) is 0.760. The largest absolute Gasteiger partial charge is 0.482 e. The summed E-state index contributed by atoms with van der Waals surface area (Å²) in [5.41, 5.74) is 1.33. The highest BCUT2D eigenvalue weighted by Gasteiger charge is 2.15. The molecule has 0 amide bonds. The van der Waals surface area contributed by atoms with Gasteiger partial charge in [-0.1, -0.05) is 36.2 Å². The highest BCUT2D eigenvalue weighted by atomic mass is 35.5. The van der Waals surface area contributed by atoms with Gasteiger partial charge in [0, 0.05) is 22.0 Å². The molecule has 5 nitrogen and oxygen atoms in total. The van der Waals surface area contributed by atoms with Crippen LogP contribution in [-0.2, 0) is 21.1 Å². The Hall–Kier alpha value is -1.76. The number of aliphatic carboxylic acids is 1. The monoisotopic (exact) mass is 402 g/mol. The maximum Gasteiger partial charge on any atom is 0.341 e. The smallest absolute Gasteiger partial charge is 0.341 e. The number of hydrogen-bond donors (Lipinski definition) is 1. The van der Waals surface area contributed by atoms with Gasteiger partial charge in [-0.3, -0.25) is 0 Å². The lowest BCUT2D eigenvalue weighted by Crippen LogP contribution is -2.10. The molecule has 0 aliphatic heterocycles. The van der Waals surface area contributed by atoms with Crippen LogP contribution in [0.15, 0.2) is 41.3 Å². The molecule has 8 heteroatoms. The Morgan fingerprint density at radius 3 is 2.44 bits per heavy atom. The molecule has 0 saturated heterocycles. The topological polar surface area (TPSA) is 80.7 Å². The number of carboxylic acid groups (broad SMARTS) is 1. The number of rotatable bonds is 7. The third kappa shape index (κ3) is 5.11. The van der Waals surface area contributed by atoms with E-state index in [9.17, 15) is 13.2 Å². The van der Waals surface area contributed by atoms with Crippen LogP contribution in [0.2, 0.25) is 10.0 Å². The van der Waals surface area contributed by atoms with Gasteiger partial charge in [-0.05, 0) is 35.9 Å². The van der Waals surface area contributed by atoms with Crippen LogP contribution in [0.3, 0.4) is 0 Å². The molecule has 0 unspecified atom stereocenters. The van der Waals surface area contributed by atoms with Crippen molar-refractivity contribution in [1.82, 2.24) is 0 Å². The summed E-state index contributed by atoms with van der Waals surface area (Å²) in [4.78, 5) is 10.9. The Labute approximate surface area is 156 Å². The van der Waals surface area contributed by atoms with E-state index in [2.05, 4.69) is 0 Å². The van der Waals surface area contributed by atoms with Crippen molar-refractivity contribution in [3.63, 3.8) is 0 Å². The van der Waals surface area contributed by atoms with E-state index in [0.29, 0.717) is 33.3 Å². The summed E-state index contributed by atoms with van der Waals surface area (Å²) in [7, 11) is -3.34. The SMILES string of the molecule is CCS(=O)(=O)c1ccc(Cc2cc(Cl)ccc2OCC(=O)O)c(Cl)c1. The molecule has 0 atom stereocenters. The van der Waals surface area contributed by atoms with Crippen LogP contribution >= 0.6 is 23.2 Å². The van der Waals surface area contributed by atoms with Gasteiger partial charge in [-0.15, -0.1) is 0 Å². The van der Waals surface area contributed by atoms with Gasteiger partial charge < -0.3 is 9.84 Å². The first-order valence-corrected chi connectivity index (χ1v) is 9.78. The lowest BCUT2D eigenvalue weighted by atomic mass is 10.0. The van der Waals surface area contributed by atoms with Gasteiger partial charge in [0.15, 0.2) is 16.4 Å². The van der Waals surface area contributed by atoms with Crippen molar-refractivity contribution in [3.8, 4) is 5.75 Å². The molecule has 2 aromatic rings. The number of carbonyl (C=O) groups is 1. The highest BCUT2D eigenvalue weighted by molar-refractivity contribution is 7.91. The van der Waals surface area contributed by atoms with E-state index in [4.69, 9.17) is 33.0 Å². The van der Waals surface area contributed by atoms with Crippen molar-refractivity contribution in [2.75, 3.05) is 12.4 Å².